The highest BCUT2D eigenvalue weighted by Crippen LogP contribution is 2.23. The molecule has 0 saturated carbocycles. The molecule has 0 unspecified atom stereocenters. The average molecular weight is 316 g/mol. The van der Waals surface area contributed by atoms with Gasteiger partial charge in [0.2, 0.25) is 0 Å². The van der Waals surface area contributed by atoms with E-state index in [1.54, 1.807) is 17.7 Å². The molecule has 0 amide bonds. The smallest absolute Gasteiger partial charge is 0.161 e. The van der Waals surface area contributed by atoms with E-state index in [-0.39, 0.29) is 5.78 Å². The van der Waals surface area contributed by atoms with Gasteiger partial charge < -0.3 is 0 Å². The summed E-state index contributed by atoms with van der Waals surface area (Å²) in [6.07, 6.45) is 0. The second-order valence-corrected chi connectivity index (χ2v) is 5.12. The predicted molar refractivity (Wildman–Crippen MR) is 76.6 cm³/mol. The van der Waals surface area contributed by atoms with Crippen LogP contribution >= 0.6 is 15.9 Å². The fourth-order valence-electron chi connectivity index (χ4n) is 2.02. The van der Waals surface area contributed by atoms with E-state index < -0.39 is 0 Å². The number of hydrogen-bond donors (Lipinski definition) is 0. The topological polar surface area (TPSA) is 47.8 Å². The van der Waals surface area contributed by atoms with Crippen LogP contribution in [0.4, 0.5) is 0 Å². The highest BCUT2D eigenvalue weighted by atomic mass is 79.9. The lowest BCUT2D eigenvalue weighted by atomic mass is 10.1. The van der Waals surface area contributed by atoms with Gasteiger partial charge in [-0.15, -0.1) is 5.10 Å². The maximum absolute atomic E-state index is 11.7. The number of carbonyl (C=O) groups is 1. The minimum atomic E-state index is 0.00193. The molecule has 0 radical (unpaired) electrons. The number of aromatic nitrogens is 3. The molecule has 0 aliphatic carbocycles. The van der Waals surface area contributed by atoms with Gasteiger partial charge in [0.05, 0.1) is 11.2 Å². The van der Waals surface area contributed by atoms with Gasteiger partial charge in [0.25, 0.3) is 0 Å². The van der Waals surface area contributed by atoms with Crippen LogP contribution in [0.2, 0.25) is 0 Å². The van der Waals surface area contributed by atoms with Gasteiger partial charge in [-0.05, 0) is 37.3 Å². The number of nitrogens with zero attached hydrogens (tertiary/aromatic N) is 3. The second kappa shape index (κ2) is 4.59. The summed E-state index contributed by atoms with van der Waals surface area (Å²) >= 11 is 3.42. The molecule has 1 heterocycles. The summed E-state index contributed by atoms with van der Waals surface area (Å²) in [6, 6.07) is 13.2. The number of ketones is 1. The zero-order valence-electron chi connectivity index (χ0n) is 10.2. The van der Waals surface area contributed by atoms with Crippen LogP contribution in [0, 0.1) is 0 Å². The first-order chi connectivity index (χ1) is 9.16. The normalized spacial score (nSPS) is 10.8. The Morgan fingerprint density at radius 2 is 2.00 bits per heavy atom. The third kappa shape index (κ3) is 2.06. The molecule has 0 atom stereocenters. The number of benzene rings is 2. The quantitative estimate of drug-likeness (QED) is 0.681. The van der Waals surface area contributed by atoms with Gasteiger partial charge in [-0.3, -0.25) is 4.79 Å². The van der Waals surface area contributed by atoms with Crippen molar-refractivity contribution in [3.8, 4) is 5.69 Å². The predicted octanol–water partition coefficient (Wildman–Crippen LogP) is 3.39. The van der Waals surface area contributed by atoms with Crippen LogP contribution in [0.1, 0.15) is 17.3 Å². The molecule has 94 valence electrons. The Morgan fingerprint density at radius 3 is 2.79 bits per heavy atom. The lowest BCUT2D eigenvalue weighted by molar-refractivity contribution is 0.101. The molecule has 0 saturated heterocycles. The molecule has 4 nitrogen and oxygen atoms in total. The standard InChI is InChI=1S/C14H10BrN3O/c1-9(19)11-7-6-10(15)8-14(11)18-13-5-3-2-4-12(13)16-17-18/h2-8H,1H3. The van der Waals surface area contributed by atoms with Crippen LogP contribution in [-0.2, 0) is 0 Å². The van der Waals surface area contributed by atoms with Crippen molar-refractivity contribution in [2.75, 3.05) is 0 Å². The maximum Gasteiger partial charge on any atom is 0.161 e. The molecule has 5 heteroatoms. The Kier molecular flexibility index (Phi) is 2.91. The molecule has 0 bridgehead atoms. The highest BCUT2D eigenvalue weighted by Gasteiger charge is 2.13. The van der Waals surface area contributed by atoms with Gasteiger partial charge in [0.15, 0.2) is 5.78 Å². The van der Waals surface area contributed by atoms with Crippen LogP contribution in [-0.4, -0.2) is 20.8 Å². The van der Waals surface area contributed by atoms with E-state index in [1.807, 2.05) is 36.4 Å². The van der Waals surface area contributed by atoms with Gasteiger partial charge in [0, 0.05) is 10.0 Å². The van der Waals surface area contributed by atoms with Gasteiger partial charge in [-0.25, -0.2) is 4.68 Å². The van der Waals surface area contributed by atoms with Crippen LogP contribution in [0.25, 0.3) is 16.7 Å². The van der Waals surface area contributed by atoms with Crippen molar-refractivity contribution >= 4 is 32.7 Å². The van der Waals surface area contributed by atoms with Crippen molar-refractivity contribution in [3.05, 3.63) is 52.5 Å². The van der Waals surface area contributed by atoms with E-state index in [0.717, 1.165) is 21.2 Å². The monoisotopic (exact) mass is 315 g/mol. The lowest BCUT2D eigenvalue weighted by Gasteiger charge is -2.08. The second-order valence-electron chi connectivity index (χ2n) is 4.21. The third-order valence-corrected chi connectivity index (χ3v) is 3.41. The molecule has 1 aromatic heterocycles. The molecule has 0 spiro atoms. The molecule has 3 aromatic rings. The number of hydrogen-bond acceptors (Lipinski definition) is 3. The summed E-state index contributed by atoms with van der Waals surface area (Å²) in [4.78, 5) is 11.7. The molecular weight excluding hydrogens is 306 g/mol. The van der Waals surface area contributed by atoms with Crippen molar-refractivity contribution in [2.24, 2.45) is 0 Å². The Morgan fingerprint density at radius 1 is 1.21 bits per heavy atom. The number of rotatable bonds is 2. The molecule has 0 aliphatic heterocycles. The lowest BCUT2D eigenvalue weighted by Crippen LogP contribution is -2.05. The van der Waals surface area contributed by atoms with Crippen molar-refractivity contribution in [1.29, 1.82) is 0 Å². The number of Topliss-reactive ketones (excluding diaryl/α,β-unsaturated/α-hetero) is 1. The third-order valence-electron chi connectivity index (χ3n) is 2.92. The molecule has 3 rings (SSSR count). The number of para-hydroxylation sites is 1. The SMILES string of the molecule is CC(=O)c1ccc(Br)cc1-n1nnc2ccccc21. The summed E-state index contributed by atoms with van der Waals surface area (Å²) in [5, 5.41) is 8.25. The molecule has 0 aliphatic rings. The largest absolute Gasteiger partial charge is 0.294 e. The van der Waals surface area contributed by atoms with E-state index in [0.29, 0.717) is 5.56 Å². The Hall–Kier alpha value is -2.01. The maximum atomic E-state index is 11.7. The van der Waals surface area contributed by atoms with E-state index in [4.69, 9.17) is 0 Å². The summed E-state index contributed by atoms with van der Waals surface area (Å²) < 4.78 is 2.59. The Labute approximate surface area is 118 Å². The zero-order valence-corrected chi connectivity index (χ0v) is 11.8. The van der Waals surface area contributed by atoms with Crippen molar-refractivity contribution in [1.82, 2.24) is 15.0 Å². The summed E-state index contributed by atoms with van der Waals surface area (Å²) in [5.41, 5.74) is 3.04. The minimum absolute atomic E-state index is 0.00193. The summed E-state index contributed by atoms with van der Waals surface area (Å²) in [6.45, 7) is 1.55. The Balaban J connectivity index is 2.32. The molecular formula is C14H10BrN3O. The Bertz CT molecular complexity index is 779. The van der Waals surface area contributed by atoms with Crippen LogP contribution in [0.5, 0.6) is 0 Å². The summed E-state index contributed by atoms with van der Waals surface area (Å²) in [5.74, 6) is 0.00193. The number of carbonyl (C=O) groups excluding carboxylic acids is 1. The number of halogens is 1. The highest BCUT2D eigenvalue weighted by molar-refractivity contribution is 9.10. The van der Waals surface area contributed by atoms with Crippen molar-refractivity contribution in [2.45, 2.75) is 6.92 Å². The summed E-state index contributed by atoms with van der Waals surface area (Å²) in [7, 11) is 0. The van der Waals surface area contributed by atoms with E-state index >= 15 is 0 Å². The van der Waals surface area contributed by atoms with Gasteiger partial charge in [-0.2, -0.15) is 0 Å². The van der Waals surface area contributed by atoms with E-state index in [2.05, 4.69) is 26.2 Å². The minimum Gasteiger partial charge on any atom is -0.294 e. The molecule has 2 aromatic carbocycles. The molecule has 0 fully saturated rings. The first-order valence-electron chi connectivity index (χ1n) is 5.78. The van der Waals surface area contributed by atoms with Crippen molar-refractivity contribution in [3.63, 3.8) is 0 Å². The van der Waals surface area contributed by atoms with Gasteiger partial charge >= 0.3 is 0 Å². The van der Waals surface area contributed by atoms with E-state index in [1.165, 1.54) is 0 Å². The first kappa shape index (κ1) is 12.0. The van der Waals surface area contributed by atoms with Gasteiger partial charge in [0.1, 0.15) is 5.52 Å². The van der Waals surface area contributed by atoms with Crippen LogP contribution < -0.4 is 0 Å². The average Bonchev–Trinajstić information content (AvgIpc) is 2.82. The van der Waals surface area contributed by atoms with Gasteiger partial charge in [-0.1, -0.05) is 33.3 Å². The number of fused-ring (bicyclic) bond motifs is 1. The van der Waals surface area contributed by atoms with Crippen LogP contribution in [0.15, 0.2) is 46.9 Å². The van der Waals surface area contributed by atoms with Crippen molar-refractivity contribution < 1.29 is 4.79 Å². The van der Waals surface area contributed by atoms with E-state index in [9.17, 15) is 4.79 Å². The fraction of sp³-hybridized carbons (Fsp3) is 0.0714. The van der Waals surface area contributed by atoms with Crippen LogP contribution in [0.3, 0.4) is 0 Å². The fourth-order valence-corrected chi connectivity index (χ4v) is 2.37. The zero-order chi connectivity index (χ0) is 13.4. The first-order valence-corrected chi connectivity index (χ1v) is 6.57. The molecule has 0 N–H and O–H groups in total. The molecule has 19 heavy (non-hydrogen) atoms.